The lowest BCUT2D eigenvalue weighted by Gasteiger charge is -2.33. The third-order valence-corrected chi connectivity index (χ3v) is 3.31. The van der Waals surface area contributed by atoms with Crippen LogP contribution >= 0.6 is 0 Å². The van der Waals surface area contributed by atoms with Crippen molar-refractivity contribution < 1.29 is 4.74 Å². The number of hydrogen-bond donors (Lipinski definition) is 1. The van der Waals surface area contributed by atoms with Gasteiger partial charge in [-0.1, -0.05) is 13.8 Å². The Morgan fingerprint density at radius 2 is 2.00 bits per heavy atom. The van der Waals surface area contributed by atoms with Gasteiger partial charge in [0.1, 0.15) is 0 Å². The highest BCUT2D eigenvalue weighted by Crippen LogP contribution is 2.31. The Kier molecular flexibility index (Phi) is 4.20. The molecule has 4 atom stereocenters. The zero-order chi connectivity index (χ0) is 9.84. The molecule has 0 amide bonds. The Balaban J connectivity index is 2.29. The van der Waals surface area contributed by atoms with Crippen LogP contribution in [-0.2, 0) is 4.74 Å². The molecule has 1 saturated carbocycles. The number of rotatable bonds is 3. The van der Waals surface area contributed by atoms with E-state index in [0.29, 0.717) is 12.6 Å². The fraction of sp³-hybridized carbons (Fsp3) is 1.00. The Bertz CT molecular complexity index is 147. The minimum atomic E-state index is 0.227. The van der Waals surface area contributed by atoms with E-state index in [9.17, 15) is 0 Å². The van der Waals surface area contributed by atoms with Crippen molar-refractivity contribution in [1.29, 1.82) is 0 Å². The van der Waals surface area contributed by atoms with Gasteiger partial charge in [0, 0.05) is 6.54 Å². The molecule has 0 bridgehead atoms. The van der Waals surface area contributed by atoms with Gasteiger partial charge in [-0.15, -0.1) is 0 Å². The van der Waals surface area contributed by atoms with Crippen LogP contribution in [0, 0.1) is 11.8 Å². The Hall–Kier alpha value is -0.0800. The molecule has 1 aliphatic carbocycles. The second-order valence-electron chi connectivity index (χ2n) is 4.57. The molecule has 1 fully saturated rings. The van der Waals surface area contributed by atoms with E-state index in [2.05, 4.69) is 20.8 Å². The second kappa shape index (κ2) is 4.97. The first-order valence-corrected chi connectivity index (χ1v) is 5.49. The highest BCUT2D eigenvalue weighted by Gasteiger charge is 2.25. The summed E-state index contributed by atoms with van der Waals surface area (Å²) < 4.78 is 5.83. The average molecular weight is 185 g/mol. The van der Waals surface area contributed by atoms with E-state index in [-0.39, 0.29) is 6.10 Å². The van der Waals surface area contributed by atoms with Gasteiger partial charge in [-0.05, 0) is 38.0 Å². The topological polar surface area (TPSA) is 35.2 Å². The molecule has 1 aliphatic rings. The van der Waals surface area contributed by atoms with Crippen LogP contribution in [0.1, 0.15) is 40.0 Å². The van der Waals surface area contributed by atoms with Crippen molar-refractivity contribution in [3.05, 3.63) is 0 Å². The van der Waals surface area contributed by atoms with Crippen molar-refractivity contribution in [2.75, 3.05) is 6.54 Å². The molecule has 0 radical (unpaired) electrons. The third-order valence-electron chi connectivity index (χ3n) is 3.31. The van der Waals surface area contributed by atoms with Gasteiger partial charge in [0.25, 0.3) is 0 Å². The fourth-order valence-electron chi connectivity index (χ4n) is 2.01. The average Bonchev–Trinajstić information content (AvgIpc) is 2.11. The van der Waals surface area contributed by atoms with Crippen molar-refractivity contribution in [2.45, 2.75) is 52.2 Å². The maximum Gasteiger partial charge on any atom is 0.0672 e. The number of ether oxygens (including phenoxy) is 1. The van der Waals surface area contributed by atoms with E-state index in [4.69, 9.17) is 10.5 Å². The van der Waals surface area contributed by atoms with Gasteiger partial charge in [-0.25, -0.2) is 0 Å². The Labute approximate surface area is 81.8 Å². The highest BCUT2D eigenvalue weighted by molar-refractivity contribution is 4.76. The Morgan fingerprint density at radius 3 is 2.54 bits per heavy atom. The molecule has 0 heterocycles. The highest BCUT2D eigenvalue weighted by atomic mass is 16.5. The third kappa shape index (κ3) is 3.28. The molecule has 0 saturated heterocycles. The summed E-state index contributed by atoms with van der Waals surface area (Å²) in [4.78, 5) is 0. The van der Waals surface area contributed by atoms with Crippen LogP contribution in [0.4, 0.5) is 0 Å². The normalized spacial score (nSPS) is 37.4. The van der Waals surface area contributed by atoms with Crippen molar-refractivity contribution in [3.8, 4) is 0 Å². The fourth-order valence-corrected chi connectivity index (χ4v) is 2.01. The largest absolute Gasteiger partial charge is 0.374 e. The predicted octanol–water partition coefficient (Wildman–Crippen LogP) is 2.17. The summed E-state index contributed by atoms with van der Waals surface area (Å²) in [6.45, 7) is 7.36. The molecule has 0 spiro atoms. The molecular formula is C11H23NO. The lowest BCUT2D eigenvalue weighted by molar-refractivity contribution is -0.0354. The van der Waals surface area contributed by atoms with Crippen molar-refractivity contribution >= 4 is 0 Å². The predicted molar refractivity (Wildman–Crippen MR) is 55.6 cm³/mol. The maximum absolute atomic E-state index is 5.83. The molecule has 78 valence electrons. The molecule has 2 nitrogen and oxygen atoms in total. The summed E-state index contributed by atoms with van der Waals surface area (Å²) in [7, 11) is 0. The van der Waals surface area contributed by atoms with Crippen LogP contribution in [0.5, 0.6) is 0 Å². The van der Waals surface area contributed by atoms with Gasteiger partial charge in [-0.2, -0.15) is 0 Å². The molecule has 4 unspecified atom stereocenters. The summed E-state index contributed by atoms with van der Waals surface area (Å²) in [6.07, 6.45) is 4.43. The maximum atomic E-state index is 5.83. The molecule has 13 heavy (non-hydrogen) atoms. The summed E-state index contributed by atoms with van der Waals surface area (Å²) in [5.74, 6) is 1.68. The van der Waals surface area contributed by atoms with Crippen molar-refractivity contribution in [1.82, 2.24) is 0 Å². The lowest BCUT2D eigenvalue weighted by Crippen LogP contribution is -2.32. The van der Waals surface area contributed by atoms with Gasteiger partial charge in [0.2, 0.25) is 0 Å². The van der Waals surface area contributed by atoms with E-state index in [0.717, 1.165) is 11.8 Å². The van der Waals surface area contributed by atoms with E-state index in [1.807, 2.05) is 0 Å². The summed E-state index contributed by atoms with van der Waals surface area (Å²) in [6, 6.07) is 0. The van der Waals surface area contributed by atoms with Crippen molar-refractivity contribution in [2.24, 2.45) is 17.6 Å². The van der Waals surface area contributed by atoms with Gasteiger partial charge in [0.05, 0.1) is 12.2 Å². The SMILES string of the molecule is CC(CN)OC1CCC(C)C(C)C1. The molecule has 2 N–H and O–H groups in total. The monoisotopic (exact) mass is 185 g/mol. The van der Waals surface area contributed by atoms with Crippen molar-refractivity contribution in [3.63, 3.8) is 0 Å². The van der Waals surface area contributed by atoms with Crippen LogP contribution in [-0.4, -0.2) is 18.8 Å². The zero-order valence-electron chi connectivity index (χ0n) is 9.12. The van der Waals surface area contributed by atoms with Crippen LogP contribution in [0.2, 0.25) is 0 Å². The van der Waals surface area contributed by atoms with Crippen LogP contribution in [0.3, 0.4) is 0 Å². The smallest absolute Gasteiger partial charge is 0.0672 e. The van der Waals surface area contributed by atoms with Gasteiger partial charge in [-0.3, -0.25) is 0 Å². The first-order valence-electron chi connectivity index (χ1n) is 5.49. The standard InChI is InChI=1S/C11H23NO/c1-8-4-5-11(6-9(8)2)13-10(3)7-12/h8-11H,4-7,12H2,1-3H3. The van der Waals surface area contributed by atoms with E-state index < -0.39 is 0 Å². The summed E-state index contributed by atoms with van der Waals surface area (Å²) in [5, 5.41) is 0. The first kappa shape index (κ1) is 11.0. The zero-order valence-corrected chi connectivity index (χ0v) is 9.12. The van der Waals surface area contributed by atoms with Gasteiger partial charge < -0.3 is 10.5 Å². The van der Waals surface area contributed by atoms with Crippen LogP contribution in [0.25, 0.3) is 0 Å². The summed E-state index contributed by atoms with van der Waals surface area (Å²) in [5.41, 5.74) is 5.53. The van der Waals surface area contributed by atoms with Gasteiger partial charge >= 0.3 is 0 Å². The number of nitrogens with two attached hydrogens (primary N) is 1. The molecule has 0 aromatic rings. The molecule has 0 aromatic heterocycles. The summed E-state index contributed by atoms with van der Waals surface area (Å²) >= 11 is 0. The van der Waals surface area contributed by atoms with Gasteiger partial charge in [0.15, 0.2) is 0 Å². The van der Waals surface area contributed by atoms with Crippen LogP contribution in [0.15, 0.2) is 0 Å². The van der Waals surface area contributed by atoms with E-state index in [1.54, 1.807) is 0 Å². The Morgan fingerprint density at radius 1 is 1.31 bits per heavy atom. The minimum Gasteiger partial charge on any atom is -0.374 e. The minimum absolute atomic E-state index is 0.227. The lowest BCUT2D eigenvalue weighted by atomic mass is 9.80. The molecule has 2 heteroatoms. The van der Waals surface area contributed by atoms with Crippen LogP contribution < -0.4 is 5.73 Å². The second-order valence-corrected chi connectivity index (χ2v) is 4.57. The first-order chi connectivity index (χ1) is 6.13. The van der Waals surface area contributed by atoms with E-state index >= 15 is 0 Å². The molecule has 1 rings (SSSR count). The molecular weight excluding hydrogens is 162 g/mol. The molecule has 0 aliphatic heterocycles. The van der Waals surface area contributed by atoms with E-state index in [1.165, 1.54) is 19.3 Å². The quantitative estimate of drug-likeness (QED) is 0.731. The molecule has 0 aromatic carbocycles. The number of hydrogen-bond acceptors (Lipinski definition) is 2.